The topological polar surface area (TPSA) is 74.3 Å². The lowest BCUT2D eigenvalue weighted by atomic mass is 9.97. The van der Waals surface area contributed by atoms with Gasteiger partial charge in [0.05, 0.1) is 18.2 Å². The number of aryl methyl sites for hydroxylation is 3. The van der Waals surface area contributed by atoms with Crippen molar-refractivity contribution < 1.29 is 13.9 Å². The number of nitrogens with zero attached hydrogens (tertiary/aromatic N) is 2. The largest absolute Gasteiger partial charge is 0.463 e. The van der Waals surface area contributed by atoms with E-state index in [0.717, 1.165) is 35.0 Å². The van der Waals surface area contributed by atoms with Crippen LogP contribution in [0.5, 0.6) is 0 Å². The molecule has 0 saturated heterocycles. The van der Waals surface area contributed by atoms with Gasteiger partial charge in [0.15, 0.2) is 5.16 Å². The fourth-order valence-corrected chi connectivity index (χ4v) is 5.60. The Kier molecular flexibility index (Phi) is 4.86. The zero-order valence-electron chi connectivity index (χ0n) is 15.5. The van der Waals surface area contributed by atoms with Gasteiger partial charge in [0.25, 0.3) is 5.56 Å². The van der Waals surface area contributed by atoms with Gasteiger partial charge in [0, 0.05) is 17.5 Å². The molecule has 142 valence electrons. The summed E-state index contributed by atoms with van der Waals surface area (Å²) in [4.78, 5) is 31.5. The summed E-state index contributed by atoms with van der Waals surface area (Å²) in [6.07, 6.45) is 4.34. The lowest BCUT2D eigenvalue weighted by molar-refractivity contribution is 0.0562. The molecule has 0 radical (unpaired) electrons. The van der Waals surface area contributed by atoms with Crippen LogP contribution < -0.4 is 5.56 Å². The predicted molar refractivity (Wildman–Crippen MR) is 106 cm³/mol. The Labute approximate surface area is 164 Å². The summed E-state index contributed by atoms with van der Waals surface area (Å²) >= 11 is 3.08. The average molecular weight is 405 g/mol. The Bertz CT molecular complexity index is 1090. The molecule has 3 aromatic rings. The van der Waals surface area contributed by atoms with E-state index in [-0.39, 0.29) is 11.3 Å². The molecule has 0 N–H and O–H groups in total. The number of thioether (sulfide) groups is 1. The van der Waals surface area contributed by atoms with Gasteiger partial charge in [-0.05, 0) is 44.2 Å². The van der Waals surface area contributed by atoms with E-state index < -0.39 is 5.97 Å². The van der Waals surface area contributed by atoms with Crippen molar-refractivity contribution in [2.45, 2.75) is 43.5 Å². The highest BCUT2D eigenvalue weighted by Crippen LogP contribution is 2.35. The van der Waals surface area contributed by atoms with Gasteiger partial charge in [-0.3, -0.25) is 9.36 Å². The van der Waals surface area contributed by atoms with Crippen LogP contribution in [0.2, 0.25) is 0 Å². The zero-order valence-corrected chi connectivity index (χ0v) is 17.1. The molecule has 0 spiro atoms. The molecule has 3 heterocycles. The first-order valence-electron chi connectivity index (χ1n) is 8.81. The smallest absolute Gasteiger partial charge is 0.374 e. The molecule has 0 aromatic carbocycles. The van der Waals surface area contributed by atoms with Gasteiger partial charge >= 0.3 is 5.97 Å². The molecule has 0 aliphatic heterocycles. The lowest BCUT2D eigenvalue weighted by Gasteiger charge is -2.10. The third-order valence-electron chi connectivity index (χ3n) is 4.84. The van der Waals surface area contributed by atoms with Crippen LogP contribution in [0.25, 0.3) is 10.2 Å². The Hall–Kier alpha value is -2.06. The Morgan fingerprint density at radius 3 is 2.96 bits per heavy atom. The van der Waals surface area contributed by atoms with E-state index in [1.165, 1.54) is 35.7 Å². The van der Waals surface area contributed by atoms with Crippen LogP contribution >= 0.6 is 23.1 Å². The molecule has 1 aliphatic carbocycles. The fraction of sp³-hybridized carbons (Fsp3) is 0.421. The third kappa shape index (κ3) is 3.21. The first kappa shape index (κ1) is 18.3. The number of thiophene rings is 1. The van der Waals surface area contributed by atoms with Crippen molar-refractivity contribution >= 4 is 39.3 Å². The quantitative estimate of drug-likeness (QED) is 0.373. The molecule has 6 nitrogen and oxygen atoms in total. The van der Waals surface area contributed by atoms with Gasteiger partial charge in [-0.25, -0.2) is 9.78 Å². The van der Waals surface area contributed by atoms with E-state index in [4.69, 9.17) is 14.1 Å². The Balaban J connectivity index is 1.64. The van der Waals surface area contributed by atoms with Crippen molar-refractivity contribution in [3.8, 4) is 0 Å². The normalized spacial score (nSPS) is 13.7. The summed E-state index contributed by atoms with van der Waals surface area (Å²) in [5.74, 6) is 0.864. The third-order valence-corrected chi connectivity index (χ3v) is 7.08. The molecule has 27 heavy (non-hydrogen) atoms. The zero-order chi connectivity index (χ0) is 19.1. The maximum atomic E-state index is 12.9. The van der Waals surface area contributed by atoms with E-state index in [2.05, 4.69) is 0 Å². The number of esters is 1. The second kappa shape index (κ2) is 7.16. The number of hydrogen-bond donors (Lipinski definition) is 0. The second-order valence-corrected chi connectivity index (χ2v) is 8.68. The van der Waals surface area contributed by atoms with E-state index in [0.29, 0.717) is 16.7 Å². The fourth-order valence-electron chi connectivity index (χ4n) is 3.45. The van der Waals surface area contributed by atoms with Crippen LogP contribution in [0.15, 0.2) is 20.4 Å². The monoisotopic (exact) mass is 404 g/mol. The van der Waals surface area contributed by atoms with Crippen LogP contribution in [-0.2, 0) is 30.4 Å². The number of ether oxygens (including phenoxy) is 1. The standard InChI is InChI=1S/C19H20N2O4S2/c1-10-8-11(25-15(10)18(23)24-3)9-26-19-20-16-14(17(22)21(19)2)12-6-4-5-7-13(12)27-16/h8H,4-7,9H2,1-3H3. The maximum Gasteiger partial charge on any atom is 0.374 e. The van der Waals surface area contributed by atoms with Gasteiger partial charge in [0.1, 0.15) is 10.6 Å². The van der Waals surface area contributed by atoms with Crippen LogP contribution in [0.1, 0.15) is 45.2 Å². The predicted octanol–water partition coefficient (Wildman–Crippen LogP) is 3.85. The molecule has 0 unspecified atom stereocenters. The molecule has 0 saturated carbocycles. The molecule has 3 aromatic heterocycles. The second-order valence-electron chi connectivity index (χ2n) is 6.65. The number of rotatable bonds is 4. The van der Waals surface area contributed by atoms with Crippen molar-refractivity contribution in [3.05, 3.63) is 43.9 Å². The number of hydrogen-bond acceptors (Lipinski definition) is 7. The van der Waals surface area contributed by atoms with Crippen LogP contribution in [0.3, 0.4) is 0 Å². The minimum absolute atomic E-state index is 0.0211. The number of methoxy groups -OCH3 is 1. The van der Waals surface area contributed by atoms with Crippen molar-refractivity contribution in [2.24, 2.45) is 7.05 Å². The van der Waals surface area contributed by atoms with Gasteiger partial charge in [-0.15, -0.1) is 11.3 Å². The summed E-state index contributed by atoms with van der Waals surface area (Å²) in [7, 11) is 3.09. The van der Waals surface area contributed by atoms with E-state index >= 15 is 0 Å². The molecule has 0 atom stereocenters. The Morgan fingerprint density at radius 2 is 2.19 bits per heavy atom. The molecule has 0 bridgehead atoms. The summed E-state index contributed by atoms with van der Waals surface area (Å²) in [6.45, 7) is 1.81. The number of aromatic nitrogens is 2. The summed E-state index contributed by atoms with van der Waals surface area (Å²) in [5, 5.41) is 1.45. The van der Waals surface area contributed by atoms with E-state index in [1.54, 1.807) is 29.9 Å². The van der Waals surface area contributed by atoms with Gasteiger partial charge in [0.2, 0.25) is 5.76 Å². The molecule has 0 amide bonds. The Morgan fingerprint density at radius 1 is 1.41 bits per heavy atom. The van der Waals surface area contributed by atoms with Crippen molar-refractivity contribution in [3.63, 3.8) is 0 Å². The molecular weight excluding hydrogens is 384 g/mol. The molecule has 8 heteroatoms. The lowest BCUT2D eigenvalue weighted by Crippen LogP contribution is -2.20. The molecule has 1 aliphatic rings. The summed E-state index contributed by atoms with van der Waals surface area (Å²) in [5.41, 5.74) is 1.96. The van der Waals surface area contributed by atoms with E-state index in [1.807, 2.05) is 6.07 Å². The van der Waals surface area contributed by atoms with Crippen molar-refractivity contribution in [1.29, 1.82) is 0 Å². The molecule has 0 fully saturated rings. The van der Waals surface area contributed by atoms with Crippen molar-refractivity contribution in [2.75, 3.05) is 7.11 Å². The maximum absolute atomic E-state index is 12.9. The summed E-state index contributed by atoms with van der Waals surface area (Å²) < 4.78 is 11.9. The first-order chi connectivity index (χ1) is 13.0. The number of carbonyl (C=O) groups excluding carboxylic acids is 1. The molecular formula is C19H20N2O4S2. The molecule has 4 rings (SSSR count). The number of furan rings is 1. The minimum Gasteiger partial charge on any atom is -0.463 e. The van der Waals surface area contributed by atoms with Gasteiger partial charge < -0.3 is 9.15 Å². The highest BCUT2D eigenvalue weighted by Gasteiger charge is 2.22. The van der Waals surface area contributed by atoms with E-state index in [9.17, 15) is 9.59 Å². The van der Waals surface area contributed by atoms with Crippen LogP contribution in [0.4, 0.5) is 0 Å². The summed E-state index contributed by atoms with van der Waals surface area (Å²) in [6, 6.07) is 1.82. The highest BCUT2D eigenvalue weighted by atomic mass is 32.2. The number of fused-ring (bicyclic) bond motifs is 3. The van der Waals surface area contributed by atoms with Crippen LogP contribution in [0, 0.1) is 6.92 Å². The van der Waals surface area contributed by atoms with Crippen molar-refractivity contribution in [1.82, 2.24) is 9.55 Å². The number of carbonyl (C=O) groups is 1. The highest BCUT2D eigenvalue weighted by molar-refractivity contribution is 7.98. The van der Waals surface area contributed by atoms with Gasteiger partial charge in [-0.2, -0.15) is 0 Å². The SMILES string of the molecule is COC(=O)c1oc(CSc2nc3sc4c(c3c(=O)n2C)CCCC4)cc1C. The van der Waals surface area contributed by atoms with Gasteiger partial charge in [-0.1, -0.05) is 11.8 Å². The van der Waals surface area contributed by atoms with Crippen LogP contribution in [-0.4, -0.2) is 22.6 Å². The minimum atomic E-state index is -0.486. The average Bonchev–Trinajstić information content (AvgIpc) is 3.22. The first-order valence-corrected chi connectivity index (χ1v) is 10.6.